The number of pyridine rings is 1. The van der Waals surface area contributed by atoms with E-state index in [2.05, 4.69) is 15.0 Å². The lowest BCUT2D eigenvalue weighted by atomic mass is 10.1. The number of fused-ring (bicyclic) bond motifs is 2. The average molecular weight is 363 g/mol. The van der Waals surface area contributed by atoms with Gasteiger partial charge in [-0.05, 0) is 23.8 Å². The molecule has 7 nitrogen and oxygen atoms in total. The Morgan fingerprint density at radius 3 is 2.88 bits per heavy atom. The molecule has 4 aromatic rings. The molecule has 4 rings (SSSR count). The highest BCUT2D eigenvalue weighted by Crippen LogP contribution is 2.24. The number of benzene rings is 1. The van der Waals surface area contributed by atoms with Gasteiger partial charge in [0, 0.05) is 24.3 Å². The fraction of sp³-hybridized carbons (Fsp3) is 0.0556. The fourth-order valence-corrected chi connectivity index (χ4v) is 3.13. The molecule has 126 valence electrons. The number of carbonyl (C=O) groups is 1. The lowest BCUT2D eigenvalue weighted by Crippen LogP contribution is -2.10. The van der Waals surface area contributed by atoms with Crippen molar-refractivity contribution >= 4 is 39.4 Å². The third-order valence-electron chi connectivity index (χ3n) is 4.09. The molecule has 0 saturated carbocycles. The molecule has 3 aromatic heterocycles. The van der Waals surface area contributed by atoms with Crippen LogP contribution in [0, 0.1) is 11.3 Å². The maximum Gasteiger partial charge on any atom is 0.251 e. The molecule has 0 atom stereocenters. The first kappa shape index (κ1) is 16.0. The highest BCUT2D eigenvalue weighted by atomic mass is 35.5. The number of aromatic nitrogens is 4. The van der Waals surface area contributed by atoms with Gasteiger partial charge < -0.3 is 10.3 Å². The standard InChI is InChI=1S/C18H11ClN6O/c19-12-4-11-3-10(1-2-14(11)22-6-12)7-25-8-13(17(21)26)16-15(5-20)23-9-24-18(16)25/h1-4,6,8-9H,7H2,(H2,21,26). The maximum atomic E-state index is 11.8. The number of primary amides is 1. The van der Waals surface area contributed by atoms with Crippen LogP contribution in [-0.2, 0) is 6.54 Å². The summed E-state index contributed by atoms with van der Waals surface area (Å²) in [6.07, 6.45) is 4.50. The van der Waals surface area contributed by atoms with E-state index >= 15 is 0 Å². The minimum Gasteiger partial charge on any atom is -0.366 e. The first-order valence-electron chi connectivity index (χ1n) is 7.65. The minimum absolute atomic E-state index is 0.122. The quantitative estimate of drug-likeness (QED) is 0.602. The summed E-state index contributed by atoms with van der Waals surface area (Å²) in [7, 11) is 0. The summed E-state index contributed by atoms with van der Waals surface area (Å²) in [5.41, 5.74) is 8.09. The van der Waals surface area contributed by atoms with Crippen molar-refractivity contribution in [3.8, 4) is 6.07 Å². The maximum absolute atomic E-state index is 11.8. The number of hydrogen-bond donors (Lipinski definition) is 1. The zero-order chi connectivity index (χ0) is 18.3. The molecule has 0 fully saturated rings. The van der Waals surface area contributed by atoms with Gasteiger partial charge in [-0.25, -0.2) is 9.97 Å². The van der Waals surface area contributed by atoms with E-state index < -0.39 is 5.91 Å². The first-order valence-corrected chi connectivity index (χ1v) is 8.02. The number of rotatable bonds is 3. The summed E-state index contributed by atoms with van der Waals surface area (Å²) >= 11 is 6.01. The summed E-state index contributed by atoms with van der Waals surface area (Å²) in [6, 6.07) is 9.62. The van der Waals surface area contributed by atoms with Crippen molar-refractivity contribution in [2.45, 2.75) is 6.54 Å². The SMILES string of the molecule is N#Cc1ncnc2c1c(C(N)=O)cn2Cc1ccc2ncc(Cl)cc2c1. The van der Waals surface area contributed by atoms with E-state index in [1.165, 1.54) is 6.33 Å². The van der Waals surface area contributed by atoms with Crippen molar-refractivity contribution in [3.63, 3.8) is 0 Å². The number of nitriles is 1. The van der Waals surface area contributed by atoms with Gasteiger partial charge in [-0.3, -0.25) is 9.78 Å². The zero-order valence-corrected chi connectivity index (χ0v) is 14.1. The predicted molar refractivity (Wildman–Crippen MR) is 96.6 cm³/mol. The smallest absolute Gasteiger partial charge is 0.251 e. The minimum atomic E-state index is -0.630. The van der Waals surface area contributed by atoms with Crippen molar-refractivity contribution in [2.24, 2.45) is 5.73 Å². The van der Waals surface area contributed by atoms with Gasteiger partial charge in [0.25, 0.3) is 5.91 Å². The molecule has 1 amide bonds. The number of carbonyl (C=O) groups excluding carboxylic acids is 1. The van der Waals surface area contributed by atoms with E-state index in [-0.39, 0.29) is 11.3 Å². The van der Waals surface area contributed by atoms with Gasteiger partial charge in [-0.15, -0.1) is 0 Å². The van der Waals surface area contributed by atoms with Crippen LogP contribution in [0.2, 0.25) is 5.02 Å². The molecule has 26 heavy (non-hydrogen) atoms. The molecule has 0 unspecified atom stereocenters. The summed E-state index contributed by atoms with van der Waals surface area (Å²) in [5, 5.41) is 11.1. The number of amides is 1. The van der Waals surface area contributed by atoms with Crippen molar-refractivity contribution < 1.29 is 4.79 Å². The number of hydrogen-bond acceptors (Lipinski definition) is 5. The average Bonchev–Trinajstić information content (AvgIpc) is 3.00. The van der Waals surface area contributed by atoms with Gasteiger partial charge in [0.2, 0.25) is 0 Å². The Morgan fingerprint density at radius 1 is 1.27 bits per heavy atom. The summed E-state index contributed by atoms with van der Waals surface area (Å²) in [5.74, 6) is -0.630. The van der Waals surface area contributed by atoms with Crippen molar-refractivity contribution in [3.05, 3.63) is 64.8 Å². The molecular weight excluding hydrogens is 352 g/mol. The largest absolute Gasteiger partial charge is 0.366 e. The molecule has 2 N–H and O–H groups in total. The molecule has 3 heterocycles. The fourth-order valence-electron chi connectivity index (χ4n) is 2.96. The van der Waals surface area contributed by atoms with Crippen LogP contribution in [0.4, 0.5) is 0 Å². The zero-order valence-electron chi connectivity index (χ0n) is 13.3. The molecule has 1 aromatic carbocycles. The topological polar surface area (TPSA) is 110 Å². The normalized spacial score (nSPS) is 10.9. The summed E-state index contributed by atoms with van der Waals surface area (Å²) in [4.78, 5) is 24.2. The molecule has 0 radical (unpaired) electrons. The van der Waals surface area contributed by atoms with E-state index in [1.807, 2.05) is 30.3 Å². The Morgan fingerprint density at radius 2 is 2.12 bits per heavy atom. The predicted octanol–water partition coefficient (Wildman–Crippen LogP) is 2.65. The van der Waals surface area contributed by atoms with Crippen LogP contribution < -0.4 is 5.73 Å². The molecule has 0 bridgehead atoms. The summed E-state index contributed by atoms with van der Waals surface area (Å²) in [6.45, 7) is 0.439. The molecule has 8 heteroatoms. The highest BCUT2D eigenvalue weighted by Gasteiger charge is 2.18. The van der Waals surface area contributed by atoms with Gasteiger partial charge in [-0.1, -0.05) is 17.7 Å². The van der Waals surface area contributed by atoms with Gasteiger partial charge in [0.1, 0.15) is 18.0 Å². The second-order valence-corrected chi connectivity index (χ2v) is 6.18. The Bertz CT molecular complexity index is 1220. The van der Waals surface area contributed by atoms with Crippen LogP contribution in [0.25, 0.3) is 21.9 Å². The molecule has 0 saturated heterocycles. The van der Waals surface area contributed by atoms with Crippen LogP contribution in [0.1, 0.15) is 21.6 Å². The number of nitrogens with two attached hydrogens (primary N) is 1. The van der Waals surface area contributed by atoms with Crippen molar-refractivity contribution in [1.29, 1.82) is 5.26 Å². The van der Waals surface area contributed by atoms with Crippen molar-refractivity contribution in [2.75, 3.05) is 0 Å². The third-order valence-corrected chi connectivity index (χ3v) is 4.30. The lowest BCUT2D eigenvalue weighted by molar-refractivity contribution is 0.100. The highest BCUT2D eigenvalue weighted by molar-refractivity contribution is 6.31. The van der Waals surface area contributed by atoms with E-state index in [1.54, 1.807) is 17.0 Å². The Kier molecular flexibility index (Phi) is 3.75. The van der Waals surface area contributed by atoms with Gasteiger partial charge >= 0.3 is 0 Å². The van der Waals surface area contributed by atoms with Gasteiger partial charge in [0.15, 0.2) is 5.69 Å². The Labute approximate surface area is 152 Å². The van der Waals surface area contributed by atoms with Gasteiger partial charge in [0.05, 0.1) is 21.5 Å². The molecule has 0 aliphatic carbocycles. The first-order chi connectivity index (χ1) is 12.6. The Hall–Kier alpha value is -3.50. The van der Waals surface area contributed by atoms with Crippen LogP contribution in [0.5, 0.6) is 0 Å². The van der Waals surface area contributed by atoms with Crippen LogP contribution in [-0.4, -0.2) is 25.4 Å². The third kappa shape index (κ3) is 2.62. The van der Waals surface area contributed by atoms with E-state index in [9.17, 15) is 10.1 Å². The van der Waals surface area contributed by atoms with Crippen molar-refractivity contribution in [1.82, 2.24) is 19.5 Å². The molecule has 0 aliphatic heterocycles. The van der Waals surface area contributed by atoms with Crippen LogP contribution in [0.3, 0.4) is 0 Å². The summed E-state index contributed by atoms with van der Waals surface area (Å²) < 4.78 is 1.77. The Balaban J connectivity index is 1.85. The van der Waals surface area contributed by atoms with Crippen LogP contribution >= 0.6 is 11.6 Å². The second kappa shape index (κ2) is 6.10. The van der Waals surface area contributed by atoms with E-state index in [0.29, 0.717) is 22.6 Å². The van der Waals surface area contributed by atoms with Crippen LogP contribution in [0.15, 0.2) is 43.0 Å². The van der Waals surface area contributed by atoms with E-state index in [0.717, 1.165) is 16.5 Å². The lowest BCUT2D eigenvalue weighted by Gasteiger charge is -2.06. The number of halogens is 1. The monoisotopic (exact) mass is 362 g/mol. The van der Waals surface area contributed by atoms with Gasteiger partial charge in [-0.2, -0.15) is 5.26 Å². The van der Waals surface area contributed by atoms with E-state index in [4.69, 9.17) is 17.3 Å². The number of nitrogens with zero attached hydrogens (tertiary/aromatic N) is 5. The molecular formula is C18H11ClN6O. The molecule has 0 spiro atoms. The molecule has 0 aliphatic rings. The second-order valence-electron chi connectivity index (χ2n) is 5.75.